The molecular formula is C22H22O7. The maximum atomic E-state index is 13.0. The second-order valence-electron chi connectivity index (χ2n) is 7.57. The first-order valence-corrected chi connectivity index (χ1v) is 9.63. The molecule has 0 amide bonds. The lowest BCUT2D eigenvalue weighted by Crippen LogP contribution is -2.55. The Labute approximate surface area is 168 Å². The Morgan fingerprint density at radius 2 is 1.83 bits per heavy atom. The molecule has 5 rings (SSSR count). The topological polar surface area (TPSA) is 83.5 Å². The quantitative estimate of drug-likeness (QED) is 0.851. The summed E-state index contributed by atoms with van der Waals surface area (Å²) in [6, 6.07) is 9.06. The Balaban J connectivity index is 1.74. The van der Waals surface area contributed by atoms with Crippen LogP contribution in [0.5, 0.6) is 28.7 Å². The van der Waals surface area contributed by atoms with Gasteiger partial charge in [0.1, 0.15) is 23.0 Å². The van der Waals surface area contributed by atoms with Crippen LogP contribution in [0.4, 0.5) is 0 Å². The third-order valence-corrected chi connectivity index (χ3v) is 6.03. The first-order chi connectivity index (χ1) is 14.0. The van der Waals surface area contributed by atoms with E-state index in [1.165, 1.54) is 0 Å². The molecule has 0 unspecified atom stereocenters. The molecule has 3 aliphatic rings. The summed E-state index contributed by atoms with van der Waals surface area (Å²) in [6.45, 7) is 0.126. The van der Waals surface area contributed by atoms with E-state index in [0.717, 1.165) is 11.1 Å². The molecule has 2 aromatic carbocycles. The van der Waals surface area contributed by atoms with Gasteiger partial charge in [-0.1, -0.05) is 6.07 Å². The number of benzene rings is 2. The maximum absolute atomic E-state index is 13.0. The highest BCUT2D eigenvalue weighted by Gasteiger charge is 2.55. The second-order valence-corrected chi connectivity index (χ2v) is 7.57. The van der Waals surface area contributed by atoms with E-state index in [0.29, 0.717) is 48.0 Å². The van der Waals surface area contributed by atoms with Crippen LogP contribution in [-0.2, 0) is 4.79 Å². The molecule has 0 bridgehead atoms. The second kappa shape index (κ2) is 6.56. The highest BCUT2D eigenvalue weighted by Crippen LogP contribution is 2.55. The van der Waals surface area contributed by atoms with Crippen molar-refractivity contribution < 1.29 is 33.6 Å². The standard InChI is InChI=1S/C22H22O7/c1-25-12-5-6-13(16(8-12)26-2)20-14-9-18-19(28-11-27-18)10-17(14)29-22(24)7-3-4-15(23)21(20)22/h5-6,8-10,20-21,24H,3-4,7,11H2,1-2H3/t20-,21+,22+/m0/s1. The van der Waals surface area contributed by atoms with Gasteiger partial charge in [0, 0.05) is 42.0 Å². The van der Waals surface area contributed by atoms with Crippen molar-refractivity contribution in [1.82, 2.24) is 0 Å². The Bertz CT molecular complexity index is 985. The lowest BCUT2D eigenvalue weighted by molar-refractivity contribution is -0.206. The molecule has 3 atom stereocenters. The van der Waals surface area contributed by atoms with Gasteiger partial charge >= 0.3 is 0 Å². The van der Waals surface area contributed by atoms with E-state index in [-0.39, 0.29) is 12.6 Å². The molecule has 0 saturated heterocycles. The Hall–Kier alpha value is -2.93. The number of hydrogen-bond acceptors (Lipinski definition) is 7. The lowest BCUT2D eigenvalue weighted by atomic mass is 9.67. The minimum atomic E-state index is -1.58. The first-order valence-electron chi connectivity index (χ1n) is 9.63. The summed E-state index contributed by atoms with van der Waals surface area (Å²) in [7, 11) is 3.16. The molecule has 152 valence electrons. The van der Waals surface area contributed by atoms with Crippen LogP contribution in [0.1, 0.15) is 36.3 Å². The molecule has 2 aliphatic heterocycles. The Morgan fingerprint density at radius 3 is 2.59 bits per heavy atom. The van der Waals surface area contributed by atoms with Crippen molar-refractivity contribution >= 4 is 5.78 Å². The largest absolute Gasteiger partial charge is 0.497 e. The fraction of sp³-hybridized carbons (Fsp3) is 0.409. The predicted molar refractivity (Wildman–Crippen MR) is 102 cm³/mol. The van der Waals surface area contributed by atoms with E-state index in [9.17, 15) is 9.90 Å². The number of fused-ring (bicyclic) bond motifs is 3. The Kier molecular flexibility index (Phi) is 4.10. The first kappa shape index (κ1) is 18.1. The Morgan fingerprint density at radius 1 is 1.03 bits per heavy atom. The number of methoxy groups -OCH3 is 2. The molecule has 29 heavy (non-hydrogen) atoms. The molecule has 0 radical (unpaired) electrons. The van der Waals surface area contributed by atoms with Gasteiger partial charge in [0.2, 0.25) is 12.6 Å². The molecule has 0 aromatic heterocycles. The normalized spacial score (nSPS) is 26.9. The molecule has 7 heteroatoms. The fourth-order valence-electron chi connectivity index (χ4n) is 4.70. The van der Waals surface area contributed by atoms with E-state index in [4.69, 9.17) is 23.7 Å². The number of Topliss-reactive ketones (excluding diaryl/α,β-unsaturated/α-hetero) is 1. The van der Waals surface area contributed by atoms with Crippen molar-refractivity contribution in [3.8, 4) is 28.7 Å². The zero-order valence-corrected chi connectivity index (χ0v) is 16.3. The number of ketones is 1. The summed E-state index contributed by atoms with van der Waals surface area (Å²) in [5.41, 5.74) is 1.55. The summed E-state index contributed by atoms with van der Waals surface area (Å²) in [6.07, 6.45) is 1.37. The highest BCUT2D eigenvalue weighted by molar-refractivity contribution is 5.85. The van der Waals surface area contributed by atoms with Crippen LogP contribution < -0.4 is 23.7 Å². The van der Waals surface area contributed by atoms with Crippen LogP contribution in [0.2, 0.25) is 0 Å². The number of aliphatic hydroxyl groups is 1. The summed E-state index contributed by atoms with van der Waals surface area (Å²) in [5.74, 6) is 0.0844. The van der Waals surface area contributed by atoms with E-state index < -0.39 is 17.6 Å². The van der Waals surface area contributed by atoms with E-state index in [1.54, 1.807) is 26.4 Å². The smallest absolute Gasteiger partial charge is 0.231 e. The van der Waals surface area contributed by atoms with Gasteiger partial charge in [-0.15, -0.1) is 0 Å². The minimum Gasteiger partial charge on any atom is -0.497 e. The predicted octanol–water partition coefficient (Wildman–Crippen LogP) is 3.01. The number of hydrogen-bond donors (Lipinski definition) is 1. The summed E-state index contributed by atoms with van der Waals surface area (Å²) in [5, 5.41) is 11.4. The molecular weight excluding hydrogens is 376 g/mol. The molecule has 1 fully saturated rings. The van der Waals surface area contributed by atoms with Crippen molar-refractivity contribution in [2.24, 2.45) is 5.92 Å². The van der Waals surface area contributed by atoms with Gasteiger partial charge in [-0.3, -0.25) is 4.79 Å². The summed E-state index contributed by atoms with van der Waals surface area (Å²) >= 11 is 0. The van der Waals surface area contributed by atoms with Crippen molar-refractivity contribution in [2.45, 2.75) is 31.0 Å². The van der Waals surface area contributed by atoms with Crippen LogP contribution in [0.15, 0.2) is 30.3 Å². The molecule has 1 N–H and O–H groups in total. The average Bonchev–Trinajstić information content (AvgIpc) is 3.17. The molecule has 2 aromatic rings. The van der Waals surface area contributed by atoms with Gasteiger partial charge in [0.05, 0.1) is 20.1 Å². The third kappa shape index (κ3) is 2.72. The molecule has 1 saturated carbocycles. The van der Waals surface area contributed by atoms with Crippen LogP contribution >= 0.6 is 0 Å². The molecule has 2 heterocycles. The SMILES string of the molecule is COc1ccc([C@H]2c3cc4c(cc3O[C@]3(O)CCCC(=O)[C@H]23)OCO4)c(OC)c1. The van der Waals surface area contributed by atoms with Crippen molar-refractivity contribution in [2.75, 3.05) is 21.0 Å². The van der Waals surface area contributed by atoms with Gasteiger partial charge < -0.3 is 28.8 Å². The summed E-state index contributed by atoms with van der Waals surface area (Å²) < 4.78 is 28.0. The fourth-order valence-corrected chi connectivity index (χ4v) is 4.70. The number of carbonyl (C=O) groups is 1. The minimum absolute atomic E-state index is 0.0232. The average molecular weight is 398 g/mol. The highest BCUT2D eigenvalue weighted by atomic mass is 16.7. The zero-order valence-electron chi connectivity index (χ0n) is 16.3. The van der Waals surface area contributed by atoms with Gasteiger partial charge in [-0.25, -0.2) is 0 Å². The molecule has 7 nitrogen and oxygen atoms in total. The number of rotatable bonds is 3. The number of carbonyl (C=O) groups excluding carboxylic acids is 1. The van der Waals surface area contributed by atoms with Gasteiger partial charge in [0.25, 0.3) is 0 Å². The molecule has 1 aliphatic carbocycles. The molecule has 0 spiro atoms. The monoisotopic (exact) mass is 398 g/mol. The van der Waals surface area contributed by atoms with Crippen LogP contribution in [0, 0.1) is 5.92 Å². The summed E-state index contributed by atoms with van der Waals surface area (Å²) in [4.78, 5) is 13.0. The van der Waals surface area contributed by atoms with E-state index >= 15 is 0 Å². The van der Waals surface area contributed by atoms with Crippen molar-refractivity contribution in [3.63, 3.8) is 0 Å². The van der Waals surface area contributed by atoms with Gasteiger partial charge in [0.15, 0.2) is 11.5 Å². The van der Waals surface area contributed by atoms with Gasteiger partial charge in [-0.05, 0) is 18.6 Å². The van der Waals surface area contributed by atoms with Crippen molar-refractivity contribution in [1.29, 1.82) is 0 Å². The van der Waals surface area contributed by atoms with Crippen LogP contribution in [0.25, 0.3) is 0 Å². The van der Waals surface area contributed by atoms with E-state index in [2.05, 4.69) is 0 Å². The van der Waals surface area contributed by atoms with E-state index in [1.807, 2.05) is 18.2 Å². The number of ether oxygens (including phenoxy) is 5. The van der Waals surface area contributed by atoms with Crippen LogP contribution in [0.3, 0.4) is 0 Å². The third-order valence-electron chi connectivity index (χ3n) is 6.03. The van der Waals surface area contributed by atoms with Crippen molar-refractivity contribution in [3.05, 3.63) is 41.5 Å². The zero-order chi connectivity index (χ0) is 20.2. The maximum Gasteiger partial charge on any atom is 0.231 e. The lowest BCUT2D eigenvalue weighted by Gasteiger charge is -2.47. The van der Waals surface area contributed by atoms with Gasteiger partial charge in [-0.2, -0.15) is 0 Å². The van der Waals surface area contributed by atoms with Crippen LogP contribution in [-0.4, -0.2) is 37.7 Å².